The number of unbranched alkanes of at least 4 members (excludes halogenated alkanes) is 2. The molecule has 0 aliphatic rings. The van der Waals surface area contributed by atoms with Gasteiger partial charge in [0.1, 0.15) is 5.65 Å². The highest BCUT2D eigenvalue weighted by Crippen LogP contribution is 2.14. The Labute approximate surface area is 91.0 Å². The number of aryl methyl sites for hydroxylation is 2. The fraction of sp³-hybridized carbons (Fsp3) is 0.462. The molecule has 0 atom stereocenters. The predicted octanol–water partition coefficient (Wildman–Crippen LogP) is 3.38. The highest BCUT2D eigenvalue weighted by atomic mass is 15.0. The standard InChI is InChI=1S/C13H18N2/c1-3-4-5-8-12-11(2)14-13-9-6-7-10-15(12)13/h6-7,9-10H,3-5,8H2,1-2H3. The number of fused-ring (bicyclic) bond motifs is 1. The van der Waals surface area contributed by atoms with Crippen LogP contribution < -0.4 is 0 Å². The predicted molar refractivity (Wildman–Crippen MR) is 63.2 cm³/mol. The molecular formula is C13H18N2. The van der Waals surface area contributed by atoms with E-state index < -0.39 is 0 Å². The Morgan fingerprint density at radius 1 is 1.27 bits per heavy atom. The van der Waals surface area contributed by atoms with E-state index in [-0.39, 0.29) is 0 Å². The van der Waals surface area contributed by atoms with Gasteiger partial charge < -0.3 is 4.40 Å². The molecule has 0 amide bonds. The van der Waals surface area contributed by atoms with Crippen LogP contribution in [0.15, 0.2) is 24.4 Å². The molecule has 2 rings (SSSR count). The summed E-state index contributed by atoms with van der Waals surface area (Å²) in [7, 11) is 0. The topological polar surface area (TPSA) is 17.3 Å². The average Bonchev–Trinajstić information content (AvgIpc) is 2.56. The van der Waals surface area contributed by atoms with Gasteiger partial charge in [0.05, 0.1) is 5.69 Å². The summed E-state index contributed by atoms with van der Waals surface area (Å²) in [5.74, 6) is 0. The van der Waals surface area contributed by atoms with Crippen LogP contribution in [0, 0.1) is 6.92 Å². The highest BCUT2D eigenvalue weighted by Gasteiger charge is 2.06. The van der Waals surface area contributed by atoms with Crippen LogP contribution in [0.25, 0.3) is 5.65 Å². The van der Waals surface area contributed by atoms with Crippen molar-refractivity contribution in [3.63, 3.8) is 0 Å². The molecule has 0 bridgehead atoms. The fourth-order valence-electron chi connectivity index (χ4n) is 2.01. The summed E-state index contributed by atoms with van der Waals surface area (Å²) in [6, 6.07) is 6.17. The van der Waals surface area contributed by atoms with Gasteiger partial charge in [0.15, 0.2) is 0 Å². The fourth-order valence-corrected chi connectivity index (χ4v) is 2.01. The molecule has 0 fully saturated rings. The molecule has 2 aromatic heterocycles. The average molecular weight is 202 g/mol. The number of imidazole rings is 1. The molecule has 80 valence electrons. The van der Waals surface area contributed by atoms with Gasteiger partial charge in [0, 0.05) is 11.9 Å². The first-order valence-electron chi connectivity index (χ1n) is 5.75. The molecule has 0 N–H and O–H groups in total. The van der Waals surface area contributed by atoms with Crippen molar-refractivity contribution in [2.24, 2.45) is 0 Å². The van der Waals surface area contributed by atoms with Crippen molar-refractivity contribution < 1.29 is 0 Å². The number of hydrogen-bond donors (Lipinski definition) is 0. The molecule has 2 heterocycles. The van der Waals surface area contributed by atoms with Gasteiger partial charge in [-0.2, -0.15) is 0 Å². The van der Waals surface area contributed by atoms with Crippen molar-refractivity contribution in [1.82, 2.24) is 9.38 Å². The Morgan fingerprint density at radius 2 is 2.13 bits per heavy atom. The monoisotopic (exact) mass is 202 g/mol. The molecule has 0 aliphatic heterocycles. The first kappa shape index (κ1) is 10.2. The molecule has 0 aliphatic carbocycles. The van der Waals surface area contributed by atoms with Crippen LogP contribution in [-0.4, -0.2) is 9.38 Å². The largest absolute Gasteiger partial charge is 0.304 e. The third-order valence-electron chi connectivity index (χ3n) is 2.85. The van der Waals surface area contributed by atoms with Crippen molar-refractivity contribution in [2.45, 2.75) is 39.5 Å². The Hall–Kier alpha value is -1.31. The van der Waals surface area contributed by atoms with Gasteiger partial charge in [-0.25, -0.2) is 4.98 Å². The van der Waals surface area contributed by atoms with Gasteiger partial charge in [-0.05, 0) is 31.9 Å². The van der Waals surface area contributed by atoms with E-state index in [1.165, 1.54) is 30.7 Å². The minimum Gasteiger partial charge on any atom is -0.304 e. The van der Waals surface area contributed by atoms with Crippen LogP contribution in [-0.2, 0) is 6.42 Å². The summed E-state index contributed by atoms with van der Waals surface area (Å²) in [6.07, 6.45) is 7.09. The van der Waals surface area contributed by atoms with Crippen molar-refractivity contribution in [3.8, 4) is 0 Å². The zero-order valence-corrected chi connectivity index (χ0v) is 9.53. The summed E-state index contributed by atoms with van der Waals surface area (Å²) in [5, 5.41) is 0. The van der Waals surface area contributed by atoms with Crippen molar-refractivity contribution in [2.75, 3.05) is 0 Å². The Kier molecular flexibility index (Phi) is 3.05. The minimum atomic E-state index is 1.07. The van der Waals surface area contributed by atoms with Gasteiger partial charge >= 0.3 is 0 Å². The van der Waals surface area contributed by atoms with E-state index in [4.69, 9.17) is 0 Å². The lowest BCUT2D eigenvalue weighted by atomic mass is 10.1. The first-order valence-corrected chi connectivity index (χ1v) is 5.75. The van der Waals surface area contributed by atoms with Crippen LogP contribution in [0.5, 0.6) is 0 Å². The second-order valence-electron chi connectivity index (χ2n) is 4.03. The van der Waals surface area contributed by atoms with Crippen LogP contribution in [0.4, 0.5) is 0 Å². The third kappa shape index (κ3) is 2.04. The normalized spacial score (nSPS) is 11.1. The van der Waals surface area contributed by atoms with Crippen molar-refractivity contribution >= 4 is 5.65 Å². The van der Waals surface area contributed by atoms with Crippen LogP contribution in [0.1, 0.15) is 37.6 Å². The van der Waals surface area contributed by atoms with E-state index in [0.717, 1.165) is 12.1 Å². The molecule has 0 saturated heterocycles. The second-order valence-corrected chi connectivity index (χ2v) is 4.03. The maximum Gasteiger partial charge on any atom is 0.137 e. The summed E-state index contributed by atoms with van der Waals surface area (Å²) in [6.45, 7) is 4.34. The molecule has 15 heavy (non-hydrogen) atoms. The second kappa shape index (κ2) is 4.47. The molecule has 0 unspecified atom stereocenters. The third-order valence-corrected chi connectivity index (χ3v) is 2.85. The van der Waals surface area contributed by atoms with Crippen LogP contribution >= 0.6 is 0 Å². The van der Waals surface area contributed by atoms with E-state index in [2.05, 4.69) is 41.6 Å². The van der Waals surface area contributed by atoms with Crippen molar-refractivity contribution in [1.29, 1.82) is 0 Å². The van der Waals surface area contributed by atoms with Crippen LogP contribution in [0.3, 0.4) is 0 Å². The maximum atomic E-state index is 4.55. The lowest BCUT2D eigenvalue weighted by Crippen LogP contribution is -1.94. The van der Waals surface area contributed by atoms with E-state index >= 15 is 0 Å². The van der Waals surface area contributed by atoms with Gasteiger partial charge in [0.2, 0.25) is 0 Å². The molecular weight excluding hydrogens is 184 g/mol. The SMILES string of the molecule is CCCCCc1c(C)nc2ccccn12. The number of aromatic nitrogens is 2. The molecule has 0 radical (unpaired) electrons. The molecule has 0 aromatic carbocycles. The summed E-state index contributed by atoms with van der Waals surface area (Å²) < 4.78 is 2.21. The summed E-state index contributed by atoms with van der Waals surface area (Å²) >= 11 is 0. The summed E-state index contributed by atoms with van der Waals surface area (Å²) in [5.41, 5.74) is 3.62. The molecule has 2 heteroatoms. The van der Waals surface area contributed by atoms with E-state index in [1.54, 1.807) is 0 Å². The Bertz CT molecular complexity index is 443. The first-order chi connectivity index (χ1) is 7.33. The lowest BCUT2D eigenvalue weighted by Gasteiger charge is -2.01. The van der Waals surface area contributed by atoms with Crippen LogP contribution in [0.2, 0.25) is 0 Å². The number of pyridine rings is 1. The smallest absolute Gasteiger partial charge is 0.137 e. The number of rotatable bonds is 4. The summed E-state index contributed by atoms with van der Waals surface area (Å²) in [4.78, 5) is 4.55. The molecule has 2 nitrogen and oxygen atoms in total. The van der Waals surface area contributed by atoms with E-state index in [1.807, 2.05) is 6.07 Å². The Morgan fingerprint density at radius 3 is 2.93 bits per heavy atom. The lowest BCUT2D eigenvalue weighted by molar-refractivity contribution is 0.701. The zero-order chi connectivity index (χ0) is 10.7. The van der Waals surface area contributed by atoms with Gasteiger partial charge in [0.25, 0.3) is 0 Å². The van der Waals surface area contributed by atoms with Gasteiger partial charge in [-0.15, -0.1) is 0 Å². The van der Waals surface area contributed by atoms with Crippen molar-refractivity contribution in [3.05, 3.63) is 35.8 Å². The minimum absolute atomic E-state index is 1.07. The molecule has 2 aromatic rings. The zero-order valence-electron chi connectivity index (χ0n) is 9.53. The molecule has 0 saturated carbocycles. The van der Waals surface area contributed by atoms with Gasteiger partial charge in [-0.3, -0.25) is 0 Å². The number of hydrogen-bond acceptors (Lipinski definition) is 1. The van der Waals surface area contributed by atoms with E-state index in [9.17, 15) is 0 Å². The number of nitrogens with zero attached hydrogens (tertiary/aromatic N) is 2. The quantitative estimate of drug-likeness (QED) is 0.695. The van der Waals surface area contributed by atoms with E-state index in [0.29, 0.717) is 0 Å². The Balaban J connectivity index is 2.28. The maximum absolute atomic E-state index is 4.55. The molecule has 0 spiro atoms. The van der Waals surface area contributed by atoms with Gasteiger partial charge in [-0.1, -0.05) is 25.8 Å². The highest BCUT2D eigenvalue weighted by molar-refractivity contribution is 5.42.